The van der Waals surface area contributed by atoms with E-state index in [0.717, 1.165) is 19.3 Å². The van der Waals surface area contributed by atoms with Gasteiger partial charge in [-0.05, 0) is 43.0 Å². The fraction of sp³-hybridized carbons (Fsp3) is 0.412. The lowest BCUT2D eigenvalue weighted by molar-refractivity contribution is -0.118. The highest BCUT2D eigenvalue weighted by Crippen LogP contribution is 2.24. The highest BCUT2D eigenvalue weighted by atomic mass is 79.9. The van der Waals surface area contributed by atoms with Gasteiger partial charge in [0.05, 0.1) is 0 Å². The second kappa shape index (κ2) is 7.55. The van der Waals surface area contributed by atoms with Crippen molar-refractivity contribution in [1.82, 2.24) is 5.32 Å². The van der Waals surface area contributed by atoms with Crippen molar-refractivity contribution in [2.24, 2.45) is 5.92 Å². The number of rotatable bonds is 3. The van der Waals surface area contributed by atoms with Crippen LogP contribution in [0.1, 0.15) is 38.2 Å². The fourth-order valence-corrected chi connectivity index (χ4v) is 3.08. The second-order valence-corrected chi connectivity index (χ2v) is 6.59. The van der Waals surface area contributed by atoms with Crippen LogP contribution in [0, 0.1) is 23.1 Å². The van der Waals surface area contributed by atoms with E-state index >= 15 is 0 Å². The lowest BCUT2D eigenvalue weighted by Crippen LogP contribution is -2.41. The Balaban J connectivity index is 2.16. The van der Waals surface area contributed by atoms with Gasteiger partial charge in [0, 0.05) is 16.1 Å². The Bertz CT molecular complexity index is 636. The number of carbonyl (C=O) groups excluding carboxylic acids is 1. The van der Waals surface area contributed by atoms with Crippen molar-refractivity contribution in [3.05, 3.63) is 39.6 Å². The molecule has 1 saturated carbocycles. The molecular weight excluding hydrogens is 347 g/mol. The molecule has 5 heteroatoms. The molecule has 2 atom stereocenters. The molecule has 0 saturated heterocycles. The predicted molar refractivity (Wildman–Crippen MR) is 87.3 cm³/mol. The highest BCUT2D eigenvalue weighted by molar-refractivity contribution is 9.10. The molecule has 0 aromatic heterocycles. The van der Waals surface area contributed by atoms with E-state index < -0.39 is 11.7 Å². The lowest BCUT2D eigenvalue weighted by Gasteiger charge is -2.29. The minimum absolute atomic E-state index is 0.0743. The van der Waals surface area contributed by atoms with E-state index in [9.17, 15) is 14.4 Å². The van der Waals surface area contributed by atoms with Crippen LogP contribution in [0.4, 0.5) is 4.39 Å². The molecule has 0 spiro atoms. The molecule has 116 valence electrons. The number of hydrogen-bond donors (Lipinski definition) is 1. The first-order valence-corrected chi connectivity index (χ1v) is 8.18. The zero-order valence-corrected chi connectivity index (χ0v) is 14.0. The lowest BCUT2D eigenvalue weighted by atomic mass is 9.86. The van der Waals surface area contributed by atoms with Crippen molar-refractivity contribution in [3.8, 4) is 6.07 Å². The summed E-state index contributed by atoms with van der Waals surface area (Å²) in [5.74, 6) is -0.490. The van der Waals surface area contributed by atoms with Gasteiger partial charge < -0.3 is 5.32 Å². The normalized spacial score (nSPS) is 22.0. The van der Waals surface area contributed by atoms with E-state index in [1.807, 2.05) is 6.07 Å². The van der Waals surface area contributed by atoms with Gasteiger partial charge in [-0.2, -0.15) is 5.26 Å². The average Bonchev–Trinajstić information content (AvgIpc) is 2.50. The topological polar surface area (TPSA) is 52.9 Å². The van der Waals surface area contributed by atoms with E-state index in [4.69, 9.17) is 0 Å². The maximum absolute atomic E-state index is 13.7. The summed E-state index contributed by atoms with van der Waals surface area (Å²) in [6.07, 6.45) is 5.56. The molecule has 0 aliphatic heterocycles. The molecule has 2 rings (SSSR count). The summed E-state index contributed by atoms with van der Waals surface area (Å²) in [4.78, 5) is 12.3. The number of hydrogen-bond acceptors (Lipinski definition) is 2. The smallest absolute Gasteiger partial charge is 0.262 e. The number of nitriles is 1. The van der Waals surface area contributed by atoms with E-state index in [2.05, 4.69) is 28.2 Å². The van der Waals surface area contributed by atoms with E-state index in [-0.39, 0.29) is 17.2 Å². The van der Waals surface area contributed by atoms with Gasteiger partial charge in [0.15, 0.2) is 0 Å². The van der Waals surface area contributed by atoms with Crippen LogP contribution in [-0.2, 0) is 4.79 Å². The molecule has 22 heavy (non-hydrogen) atoms. The first-order valence-electron chi connectivity index (χ1n) is 7.39. The Labute approximate surface area is 138 Å². The minimum atomic E-state index is -0.463. The summed E-state index contributed by atoms with van der Waals surface area (Å²) in [5.41, 5.74) is 0.146. The standard InChI is InChI=1S/C17H18BrFN2O/c1-11-4-2-3-5-16(11)21-17(22)13(10-20)8-12-9-14(18)6-7-15(12)19/h6-9,11,16H,2-5H2,1H3,(H,21,22)/b13-8+/t11-,16+/m1/s1. The Kier molecular flexibility index (Phi) is 5.73. The van der Waals surface area contributed by atoms with Gasteiger partial charge in [-0.3, -0.25) is 4.79 Å². The van der Waals surface area contributed by atoms with Crippen LogP contribution in [0.5, 0.6) is 0 Å². The number of amides is 1. The zero-order chi connectivity index (χ0) is 16.1. The van der Waals surface area contributed by atoms with Crippen LogP contribution < -0.4 is 5.32 Å². The van der Waals surface area contributed by atoms with Gasteiger partial charge in [0.1, 0.15) is 17.5 Å². The maximum atomic E-state index is 13.7. The number of carbonyl (C=O) groups is 1. The number of benzene rings is 1. The van der Waals surface area contributed by atoms with Gasteiger partial charge in [-0.25, -0.2) is 4.39 Å². The minimum Gasteiger partial charge on any atom is -0.348 e. The molecule has 3 nitrogen and oxygen atoms in total. The molecule has 0 bridgehead atoms. The molecule has 0 heterocycles. The van der Waals surface area contributed by atoms with Crippen molar-refractivity contribution in [2.75, 3.05) is 0 Å². The van der Waals surface area contributed by atoms with Crippen LogP contribution in [0.15, 0.2) is 28.2 Å². The molecular formula is C17H18BrFN2O. The van der Waals surface area contributed by atoms with Crippen molar-refractivity contribution in [2.45, 2.75) is 38.6 Å². The average molecular weight is 365 g/mol. The van der Waals surface area contributed by atoms with E-state index in [1.54, 1.807) is 12.1 Å². The molecule has 1 aromatic carbocycles. The Morgan fingerprint density at radius 1 is 1.45 bits per heavy atom. The van der Waals surface area contributed by atoms with Crippen LogP contribution in [0.25, 0.3) is 6.08 Å². The summed E-state index contributed by atoms with van der Waals surface area (Å²) in [7, 11) is 0. The van der Waals surface area contributed by atoms with Gasteiger partial charge >= 0.3 is 0 Å². The zero-order valence-electron chi connectivity index (χ0n) is 12.4. The maximum Gasteiger partial charge on any atom is 0.262 e. The number of halogens is 2. The number of nitrogens with one attached hydrogen (secondary N) is 1. The molecule has 1 fully saturated rings. The summed E-state index contributed by atoms with van der Waals surface area (Å²) in [6.45, 7) is 2.11. The van der Waals surface area contributed by atoms with Crippen molar-refractivity contribution in [1.29, 1.82) is 5.26 Å². The SMILES string of the molecule is C[C@@H]1CCCC[C@@H]1NC(=O)/C(C#N)=C/c1cc(Br)ccc1F. The third-order valence-corrected chi connectivity index (χ3v) is 4.54. The fourth-order valence-electron chi connectivity index (χ4n) is 2.71. The highest BCUT2D eigenvalue weighted by Gasteiger charge is 2.24. The summed E-state index contributed by atoms with van der Waals surface area (Å²) in [5, 5.41) is 12.1. The molecule has 1 aliphatic carbocycles. The molecule has 0 radical (unpaired) electrons. The number of nitrogens with zero attached hydrogens (tertiary/aromatic N) is 1. The molecule has 1 N–H and O–H groups in total. The molecule has 1 aliphatic rings. The monoisotopic (exact) mass is 364 g/mol. The third kappa shape index (κ3) is 4.17. The van der Waals surface area contributed by atoms with Crippen LogP contribution in [0.3, 0.4) is 0 Å². The van der Waals surface area contributed by atoms with Gasteiger partial charge in [0.25, 0.3) is 5.91 Å². The Hall–Kier alpha value is -1.67. The molecule has 0 unspecified atom stereocenters. The molecule has 1 aromatic rings. The van der Waals surface area contributed by atoms with Gasteiger partial charge in [0.2, 0.25) is 0 Å². The first kappa shape index (κ1) is 16.7. The second-order valence-electron chi connectivity index (χ2n) is 5.68. The quantitative estimate of drug-likeness (QED) is 0.645. The predicted octanol–water partition coefficient (Wildman–Crippen LogP) is 4.19. The largest absolute Gasteiger partial charge is 0.348 e. The van der Waals surface area contributed by atoms with Crippen molar-refractivity contribution in [3.63, 3.8) is 0 Å². The Morgan fingerprint density at radius 2 is 2.18 bits per heavy atom. The van der Waals surface area contributed by atoms with Crippen LogP contribution in [0.2, 0.25) is 0 Å². The van der Waals surface area contributed by atoms with E-state index in [0.29, 0.717) is 10.4 Å². The van der Waals surface area contributed by atoms with E-state index in [1.165, 1.54) is 18.6 Å². The van der Waals surface area contributed by atoms with Gasteiger partial charge in [-0.1, -0.05) is 35.7 Å². The third-order valence-electron chi connectivity index (χ3n) is 4.05. The van der Waals surface area contributed by atoms with Gasteiger partial charge in [-0.15, -0.1) is 0 Å². The summed E-state index contributed by atoms with van der Waals surface area (Å²) in [6, 6.07) is 6.37. The first-order chi connectivity index (χ1) is 10.5. The summed E-state index contributed by atoms with van der Waals surface area (Å²) < 4.78 is 14.4. The van der Waals surface area contributed by atoms with Crippen molar-refractivity contribution < 1.29 is 9.18 Å². The van der Waals surface area contributed by atoms with Crippen LogP contribution >= 0.6 is 15.9 Å². The summed E-state index contributed by atoms with van der Waals surface area (Å²) >= 11 is 3.25. The van der Waals surface area contributed by atoms with Crippen LogP contribution in [-0.4, -0.2) is 11.9 Å². The molecule has 1 amide bonds. The van der Waals surface area contributed by atoms with Crippen molar-refractivity contribution >= 4 is 27.9 Å². The Morgan fingerprint density at radius 3 is 2.86 bits per heavy atom.